The molecule has 9 nitrogen and oxygen atoms in total. The highest BCUT2D eigenvalue weighted by Crippen LogP contribution is 2.55. The summed E-state index contributed by atoms with van der Waals surface area (Å²) in [6.45, 7) is 0.466. The number of aromatic nitrogens is 2. The van der Waals surface area contributed by atoms with Crippen LogP contribution in [0, 0.1) is 0 Å². The number of nitrogens with one attached hydrogen (secondary N) is 2. The van der Waals surface area contributed by atoms with Crippen molar-refractivity contribution in [3.63, 3.8) is 0 Å². The number of unbranched alkanes of at least 4 members (excludes halogenated alkanes) is 3. The van der Waals surface area contributed by atoms with E-state index in [-0.39, 0.29) is 12.3 Å². The zero-order valence-electron chi connectivity index (χ0n) is 12.8. The van der Waals surface area contributed by atoms with Gasteiger partial charge in [-0.1, -0.05) is 12.8 Å². The standard InChI is InChI=1S/C12H20F2N5O4P/c13-12(14,24(21,22)23)5-3-1-2-4-6-19-9-8(16-7-17-9)10(20)18-11(19)15/h7,11H,1-6,15H2,(H,16,17)(H,18,20)(H2,21,22,23). The summed E-state index contributed by atoms with van der Waals surface area (Å²) in [6, 6.07) is 0. The van der Waals surface area contributed by atoms with Crippen LogP contribution >= 0.6 is 7.60 Å². The van der Waals surface area contributed by atoms with Gasteiger partial charge in [-0.15, -0.1) is 0 Å². The van der Waals surface area contributed by atoms with Crippen molar-refractivity contribution in [2.24, 2.45) is 5.73 Å². The molecule has 2 heterocycles. The van der Waals surface area contributed by atoms with Gasteiger partial charge in [-0.2, -0.15) is 8.78 Å². The van der Waals surface area contributed by atoms with E-state index in [2.05, 4.69) is 15.3 Å². The molecule has 1 aliphatic heterocycles. The number of hydrogen-bond donors (Lipinski definition) is 5. The van der Waals surface area contributed by atoms with E-state index in [9.17, 15) is 18.1 Å². The molecule has 1 aliphatic rings. The third-order valence-electron chi connectivity index (χ3n) is 3.79. The van der Waals surface area contributed by atoms with Crippen molar-refractivity contribution in [2.75, 3.05) is 11.4 Å². The Morgan fingerprint density at radius 3 is 2.67 bits per heavy atom. The highest BCUT2D eigenvalue weighted by Gasteiger charge is 2.47. The smallest absolute Gasteiger partial charge is 0.339 e. The van der Waals surface area contributed by atoms with Crippen LogP contribution in [0.5, 0.6) is 0 Å². The van der Waals surface area contributed by atoms with Crippen LogP contribution in [0.25, 0.3) is 0 Å². The number of halogens is 2. The highest BCUT2D eigenvalue weighted by molar-refractivity contribution is 7.53. The van der Waals surface area contributed by atoms with Gasteiger partial charge in [0.1, 0.15) is 5.69 Å². The van der Waals surface area contributed by atoms with Gasteiger partial charge in [-0.05, 0) is 12.8 Å². The van der Waals surface area contributed by atoms with Crippen molar-refractivity contribution in [1.82, 2.24) is 15.3 Å². The van der Waals surface area contributed by atoms with E-state index in [1.54, 1.807) is 4.90 Å². The van der Waals surface area contributed by atoms with Crippen molar-refractivity contribution in [3.05, 3.63) is 12.0 Å². The molecule has 1 aromatic rings. The van der Waals surface area contributed by atoms with E-state index >= 15 is 0 Å². The third-order valence-corrected chi connectivity index (χ3v) is 4.86. The van der Waals surface area contributed by atoms with Crippen LogP contribution in [0.1, 0.15) is 42.6 Å². The first-order chi connectivity index (χ1) is 11.1. The summed E-state index contributed by atoms with van der Waals surface area (Å²) in [4.78, 5) is 37.2. The second-order valence-corrected chi connectivity index (χ2v) is 7.33. The fourth-order valence-corrected chi connectivity index (χ4v) is 2.90. The first-order valence-electron chi connectivity index (χ1n) is 7.43. The fraction of sp³-hybridized carbons (Fsp3) is 0.667. The summed E-state index contributed by atoms with van der Waals surface area (Å²) >= 11 is 0. The number of imidazole rings is 1. The Morgan fingerprint density at radius 1 is 1.33 bits per heavy atom. The predicted molar refractivity (Wildman–Crippen MR) is 81.5 cm³/mol. The van der Waals surface area contributed by atoms with Crippen LogP contribution in [-0.2, 0) is 4.57 Å². The van der Waals surface area contributed by atoms with Gasteiger partial charge >= 0.3 is 13.3 Å². The number of nitrogens with zero attached hydrogens (tertiary/aromatic N) is 2. The van der Waals surface area contributed by atoms with Gasteiger partial charge in [-0.3, -0.25) is 15.1 Å². The van der Waals surface area contributed by atoms with Crippen LogP contribution in [-0.4, -0.2) is 44.2 Å². The molecule has 0 aliphatic carbocycles. The second kappa shape index (κ2) is 7.14. The molecule has 0 saturated carbocycles. The molecule has 24 heavy (non-hydrogen) atoms. The van der Waals surface area contributed by atoms with Crippen LogP contribution in [0.4, 0.5) is 14.6 Å². The second-order valence-electron chi connectivity index (χ2n) is 5.59. The molecule has 2 rings (SSSR count). The lowest BCUT2D eigenvalue weighted by Crippen LogP contribution is -2.58. The Bertz CT molecular complexity index is 635. The Balaban J connectivity index is 1.75. The number of anilines is 1. The molecule has 0 spiro atoms. The van der Waals surface area contributed by atoms with E-state index < -0.39 is 26.0 Å². The largest absolute Gasteiger partial charge is 0.394 e. The molecule has 0 aromatic carbocycles. The lowest BCUT2D eigenvalue weighted by molar-refractivity contribution is 0.0477. The van der Waals surface area contributed by atoms with Crippen molar-refractivity contribution < 1.29 is 27.9 Å². The van der Waals surface area contributed by atoms with Crippen LogP contribution in [0.3, 0.4) is 0 Å². The minimum atomic E-state index is -5.40. The minimum absolute atomic E-state index is 0.00849. The topological polar surface area (TPSA) is 145 Å². The SMILES string of the molecule is NC1NC(=O)c2[nH]cnc2N1CCCCCCC(F)(F)P(=O)(O)O. The number of hydrogen-bond acceptors (Lipinski definition) is 5. The molecule has 1 aromatic heterocycles. The molecule has 0 saturated heterocycles. The molecule has 136 valence electrons. The number of rotatable bonds is 8. The number of carbonyl (C=O) groups is 1. The third kappa shape index (κ3) is 4.10. The van der Waals surface area contributed by atoms with Gasteiger partial charge in [0.2, 0.25) is 0 Å². The molecule has 1 amide bonds. The van der Waals surface area contributed by atoms with E-state index in [1.807, 2.05) is 0 Å². The Kier molecular flexibility index (Phi) is 5.59. The molecule has 0 radical (unpaired) electrons. The van der Waals surface area contributed by atoms with E-state index in [0.717, 1.165) is 0 Å². The summed E-state index contributed by atoms with van der Waals surface area (Å²) in [5.41, 5.74) is 2.19. The molecule has 12 heteroatoms. The number of nitrogens with two attached hydrogens (primary N) is 1. The molecular weight excluding hydrogens is 347 g/mol. The number of H-pyrrole nitrogens is 1. The molecular formula is C12H20F2N5O4P. The maximum atomic E-state index is 13.1. The Hall–Kier alpha value is -1.55. The molecule has 0 bridgehead atoms. The lowest BCUT2D eigenvalue weighted by Gasteiger charge is -2.33. The summed E-state index contributed by atoms with van der Waals surface area (Å²) in [5, 5.41) is 2.57. The number of carbonyl (C=O) groups excluding carboxylic acids is 1. The van der Waals surface area contributed by atoms with Crippen molar-refractivity contribution in [3.8, 4) is 0 Å². The number of fused-ring (bicyclic) bond motifs is 1. The van der Waals surface area contributed by atoms with E-state index in [4.69, 9.17) is 15.5 Å². The monoisotopic (exact) mass is 367 g/mol. The summed E-state index contributed by atoms with van der Waals surface area (Å²) in [6.07, 6.45) is 1.42. The van der Waals surface area contributed by atoms with Crippen molar-refractivity contribution in [1.29, 1.82) is 0 Å². The quantitative estimate of drug-likeness (QED) is 0.339. The lowest BCUT2D eigenvalue weighted by atomic mass is 10.1. The molecule has 0 fully saturated rings. The average Bonchev–Trinajstić information content (AvgIpc) is 2.94. The molecule has 6 N–H and O–H groups in total. The summed E-state index contributed by atoms with van der Waals surface area (Å²) in [5.74, 6) is 0.102. The zero-order valence-corrected chi connectivity index (χ0v) is 13.7. The maximum Gasteiger partial charge on any atom is 0.394 e. The first kappa shape index (κ1) is 18.8. The van der Waals surface area contributed by atoms with Gasteiger partial charge in [0.25, 0.3) is 5.91 Å². The number of alkyl halides is 2. The number of amides is 1. The van der Waals surface area contributed by atoms with Gasteiger partial charge in [0, 0.05) is 13.0 Å². The van der Waals surface area contributed by atoms with Gasteiger partial charge in [0.05, 0.1) is 6.33 Å². The summed E-state index contributed by atoms with van der Waals surface area (Å²) in [7, 11) is -5.40. The van der Waals surface area contributed by atoms with Gasteiger partial charge in [0.15, 0.2) is 12.1 Å². The fourth-order valence-electron chi connectivity index (χ4n) is 2.45. The molecule has 1 atom stereocenters. The van der Waals surface area contributed by atoms with Crippen LogP contribution in [0.2, 0.25) is 0 Å². The van der Waals surface area contributed by atoms with E-state index in [1.165, 1.54) is 6.33 Å². The average molecular weight is 367 g/mol. The normalized spacial score (nSPS) is 18.5. The van der Waals surface area contributed by atoms with Crippen molar-refractivity contribution in [2.45, 2.75) is 44.1 Å². The highest BCUT2D eigenvalue weighted by atomic mass is 31.2. The van der Waals surface area contributed by atoms with Crippen LogP contribution in [0.15, 0.2) is 6.33 Å². The summed E-state index contributed by atoms with van der Waals surface area (Å²) < 4.78 is 36.8. The zero-order chi connectivity index (χ0) is 18.0. The van der Waals surface area contributed by atoms with E-state index in [0.29, 0.717) is 37.3 Å². The molecule has 1 unspecified atom stereocenters. The van der Waals surface area contributed by atoms with Gasteiger partial charge in [-0.25, -0.2) is 4.98 Å². The Morgan fingerprint density at radius 2 is 2.00 bits per heavy atom. The number of aromatic amines is 1. The minimum Gasteiger partial charge on any atom is -0.339 e. The van der Waals surface area contributed by atoms with Crippen LogP contribution < -0.4 is 16.0 Å². The Labute approximate surface area is 136 Å². The van der Waals surface area contributed by atoms with Crippen molar-refractivity contribution >= 4 is 19.3 Å². The predicted octanol–water partition coefficient (Wildman–Crippen LogP) is 0.923. The van der Waals surface area contributed by atoms with Gasteiger partial charge < -0.3 is 25.0 Å². The first-order valence-corrected chi connectivity index (χ1v) is 9.04. The maximum absolute atomic E-state index is 13.1.